The first kappa shape index (κ1) is 16.2. The molecule has 3 rings (SSSR count). The van der Waals surface area contributed by atoms with Gasteiger partial charge in [-0.25, -0.2) is 4.98 Å². The maximum absolute atomic E-state index is 12.7. The first-order valence-electron chi connectivity index (χ1n) is 8.18. The second kappa shape index (κ2) is 7.77. The molecule has 1 fully saturated rings. The molecule has 0 aliphatic carbocycles. The number of rotatable bonds is 4. The molecule has 0 radical (unpaired) electrons. The zero-order valence-corrected chi connectivity index (χ0v) is 13.9. The summed E-state index contributed by atoms with van der Waals surface area (Å²) in [5.74, 6) is 1.78. The van der Waals surface area contributed by atoms with Crippen LogP contribution in [0.25, 0.3) is 0 Å². The van der Waals surface area contributed by atoms with Crippen molar-refractivity contribution in [1.82, 2.24) is 14.9 Å². The van der Waals surface area contributed by atoms with Crippen LogP contribution in [0, 0.1) is 0 Å². The van der Waals surface area contributed by atoms with E-state index in [2.05, 4.69) is 14.9 Å². The Morgan fingerprint density at radius 3 is 2.83 bits per heavy atom. The van der Waals surface area contributed by atoms with Crippen molar-refractivity contribution >= 4 is 11.7 Å². The summed E-state index contributed by atoms with van der Waals surface area (Å²) in [6, 6.07) is 7.68. The number of aromatic nitrogens is 2. The Bertz CT molecular complexity index is 678. The minimum Gasteiger partial charge on any atom is -0.496 e. The number of carbonyl (C=O) groups excluding carboxylic acids is 1. The second-order valence-electron chi connectivity index (χ2n) is 5.77. The Morgan fingerprint density at radius 1 is 1.17 bits per heavy atom. The van der Waals surface area contributed by atoms with Crippen LogP contribution in [0.4, 0.5) is 5.82 Å². The molecule has 126 valence electrons. The van der Waals surface area contributed by atoms with Gasteiger partial charge in [0.05, 0.1) is 19.7 Å². The molecule has 6 nitrogen and oxygen atoms in total. The van der Waals surface area contributed by atoms with Gasteiger partial charge in [-0.1, -0.05) is 18.2 Å². The number of ether oxygens (including phenoxy) is 1. The standard InChI is InChI=1S/C18H22N4O2/c1-24-16-6-3-2-5-15(16)13-18(23)22-10-4-9-21(11-12-22)17-14-19-7-8-20-17/h2-3,5-8,14H,4,9-13H2,1H3. The van der Waals surface area contributed by atoms with E-state index in [1.807, 2.05) is 29.2 Å². The smallest absolute Gasteiger partial charge is 0.227 e. The van der Waals surface area contributed by atoms with Gasteiger partial charge in [0.15, 0.2) is 0 Å². The van der Waals surface area contributed by atoms with Crippen LogP contribution in [-0.4, -0.2) is 54.1 Å². The summed E-state index contributed by atoms with van der Waals surface area (Å²) in [6.45, 7) is 3.13. The topological polar surface area (TPSA) is 58.6 Å². The molecular weight excluding hydrogens is 304 g/mol. The van der Waals surface area contributed by atoms with E-state index in [1.54, 1.807) is 25.7 Å². The van der Waals surface area contributed by atoms with Crippen molar-refractivity contribution in [3.05, 3.63) is 48.4 Å². The molecule has 1 saturated heterocycles. The van der Waals surface area contributed by atoms with E-state index in [-0.39, 0.29) is 5.91 Å². The third-order valence-corrected chi connectivity index (χ3v) is 4.26. The van der Waals surface area contributed by atoms with E-state index < -0.39 is 0 Å². The van der Waals surface area contributed by atoms with Crippen LogP contribution in [0.2, 0.25) is 0 Å². The quantitative estimate of drug-likeness (QED) is 0.857. The van der Waals surface area contributed by atoms with Crippen molar-refractivity contribution in [3.63, 3.8) is 0 Å². The molecule has 24 heavy (non-hydrogen) atoms. The highest BCUT2D eigenvalue weighted by Crippen LogP contribution is 2.19. The maximum Gasteiger partial charge on any atom is 0.227 e. The van der Waals surface area contributed by atoms with Crippen LogP contribution in [-0.2, 0) is 11.2 Å². The molecule has 1 aliphatic rings. The Morgan fingerprint density at radius 2 is 2.04 bits per heavy atom. The van der Waals surface area contributed by atoms with Gasteiger partial charge in [0, 0.05) is 44.1 Å². The number of hydrogen-bond donors (Lipinski definition) is 0. The van der Waals surface area contributed by atoms with Gasteiger partial charge in [-0.3, -0.25) is 9.78 Å². The number of benzene rings is 1. The van der Waals surface area contributed by atoms with Crippen LogP contribution in [0.1, 0.15) is 12.0 Å². The van der Waals surface area contributed by atoms with E-state index in [9.17, 15) is 4.79 Å². The molecule has 0 atom stereocenters. The number of para-hydroxylation sites is 1. The highest BCUT2D eigenvalue weighted by molar-refractivity contribution is 5.79. The van der Waals surface area contributed by atoms with Crippen LogP contribution >= 0.6 is 0 Å². The zero-order chi connectivity index (χ0) is 16.8. The highest BCUT2D eigenvalue weighted by Gasteiger charge is 2.20. The maximum atomic E-state index is 12.7. The summed E-state index contributed by atoms with van der Waals surface area (Å²) < 4.78 is 5.34. The molecule has 0 unspecified atom stereocenters. The first-order valence-corrected chi connectivity index (χ1v) is 8.18. The summed E-state index contributed by atoms with van der Waals surface area (Å²) in [5.41, 5.74) is 0.931. The largest absolute Gasteiger partial charge is 0.496 e. The molecule has 1 amide bonds. The van der Waals surface area contributed by atoms with E-state index in [0.29, 0.717) is 13.0 Å². The van der Waals surface area contributed by atoms with Crippen molar-refractivity contribution in [2.45, 2.75) is 12.8 Å². The second-order valence-corrected chi connectivity index (χ2v) is 5.77. The summed E-state index contributed by atoms with van der Waals surface area (Å²) in [4.78, 5) is 25.2. The molecule has 0 spiro atoms. The third kappa shape index (κ3) is 3.82. The van der Waals surface area contributed by atoms with E-state index in [1.165, 1.54) is 0 Å². The molecule has 2 heterocycles. The molecular formula is C18H22N4O2. The van der Waals surface area contributed by atoms with Crippen molar-refractivity contribution in [3.8, 4) is 5.75 Å². The molecule has 1 aromatic heterocycles. The van der Waals surface area contributed by atoms with E-state index in [0.717, 1.165) is 43.2 Å². The number of carbonyl (C=O) groups is 1. The van der Waals surface area contributed by atoms with Gasteiger partial charge >= 0.3 is 0 Å². The van der Waals surface area contributed by atoms with Gasteiger partial charge in [0.2, 0.25) is 5.91 Å². The normalized spacial score (nSPS) is 15.0. The molecule has 0 bridgehead atoms. The average Bonchev–Trinajstić information content (AvgIpc) is 2.89. The van der Waals surface area contributed by atoms with Gasteiger partial charge in [-0.15, -0.1) is 0 Å². The Hall–Kier alpha value is -2.63. The summed E-state index contributed by atoms with van der Waals surface area (Å²) >= 11 is 0. The van der Waals surface area contributed by atoms with Gasteiger partial charge in [-0.05, 0) is 12.5 Å². The lowest BCUT2D eigenvalue weighted by Gasteiger charge is -2.22. The van der Waals surface area contributed by atoms with Crippen molar-refractivity contribution in [1.29, 1.82) is 0 Å². The van der Waals surface area contributed by atoms with Crippen LogP contribution in [0.3, 0.4) is 0 Å². The Kier molecular flexibility index (Phi) is 5.25. The van der Waals surface area contributed by atoms with Crippen LogP contribution in [0.5, 0.6) is 5.75 Å². The van der Waals surface area contributed by atoms with E-state index in [4.69, 9.17) is 4.74 Å². The molecule has 1 aliphatic heterocycles. The summed E-state index contributed by atoms with van der Waals surface area (Å²) in [6.07, 6.45) is 6.44. The molecule has 2 aromatic rings. The first-order chi connectivity index (χ1) is 11.8. The predicted octanol–water partition coefficient (Wildman–Crippen LogP) is 1.77. The monoisotopic (exact) mass is 326 g/mol. The Labute approximate surface area is 142 Å². The number of methoxy groups -OCH3 is 1. The number of anilines is 1. The summed E-state index contributed by atoms with van der Waals surface area (Å²) in [7, 11) is 1.63. The van der Waals surface area contributed by atoms with Gasteiger partial charge in [0.1, 0.15) is 11.6 Å². The summed E-state index contributed by atoms with van der Waals surface area (Å²) in [5, 5.41) is 0. The van der Waals surface area contributed by atoms with Crippen LogP contribution in [0.15, 0.2) is 42.9 Å². The predicted molar refractivity (Wildman–Crippen MR) is 92.1 cm³/mol. The van der Waals surface area contributed by atoms with Gasteiger partial charge in [-0.2, -0.15) is 0 Å². The lowest BCUT2D eigenvalue weighted by molar-refractivity contribution is -0.130. The minimum atomic E-state index is 0.139. The lowest BCUT2D eigenvalue weighted by Crippen LogP contribution is -2.36. The molecule has 0 saturated carbocycles. The minimum absolute atomic E-state index is 0.139. The average molecular weight is 326 g/mol. The fourth-order valence-corrected chi connectivity index (χ4v) is 2.97. The molecule has 0 N–H and O–H groups in total. The lowest BCUT2D eigenvalue weighted by atomic mass is 10.1. The fraction of sp³-hybridized carbons (Fsp3) is 0.389. The molecule has 6 heteroatoms. The third-order valence-electron chi connectivity index (χ3n) is 4.26. The molecule has 1 aromatic carbocycles. The Balaban J connectivity index is 1.62. The van der Waals surface area contributed by atoms with Crippen LogP contribution < -0.4 is 9.64 Å². The zero-order valence-electron chi connectivity index (χ0n) is 13.9. The number of amides is 1. The SMILES string of the molecule is COc1ccccc1CC(=O)N1CCCN(c2cnccn2)CC1. The van der Waals surface area contributed by atoms with Crippen molar-refractivity contribution in [2.75, 3.05) is 38.2 Å². The van der Waals surface area contributed by atoms with E-state index >= 15 is 0 Å². The van der Waals surface area contributed by atoms with Crippen molar-refractivity contribution < 1.29 is 9.53 Å². The number of nitrogens with zero attached hydrogens (tertiary/aromatic N) is 4. The van der Waals surface area contributed by atoms with Gasteiger partial charge in [0.25, 0.3) is 0 Å². The van der Waals surface area contributed by atoms with Crippen molar-refractivity contribution in [2.24, 2.45) is 0 Å². The fourth-order valence-electron chi connectivity index (χ4n) is 2.97. The van der Waals surface area contributed by atoms with Gasteiger partial charge < -0.3 is 14.5 Å². The highest BCUT2D eigenvalue weighted by atomic mass is 16.5. The number of hydrogen-bond acceptors (Lipinski definition) is 5.